The first-order chi connectivity index (χ1) is 8.11. The molecule has 2 rings (SSSR count). The summed E-state index contributed by atoms with van der Waals surface area (Å²) in [4.78, 5) is 11.2. The highest BCUT2D eigenvalue weighted by atomic mass is 16.3. The number of aliphatic hydroxyl groups excluding tert-OH is 2. The number of rotatable bonds is 2. The minimum Gasteiger partial charge on any atom is -0.385 e. The van der Waals surface area contributed by atoms with Crippen LogP contribution in [0.2, 0.25) is 0 Å². The van der Waals surface area contributed by atoms with Gasteiger partial charge in [0.2, 0.25) is 5.91 Å². The number of anilines is 1. The van der Waals surface area contributed by atoms with E-state index in [0.29, 0.717) is 18.4 Å². The van der Waals surface area contributed by atoms with Crippen molar-refractivity contribution in [1.29, 1.82) is 5.26 Å². The SMILES string of the molecule is N#CC(O)C(O)c1ccc2c(c1)CCC(=O)N2. The molecule has 1 heterocycles. The van der Waals surface area contributed by atoms with Gasteiger partial charge in [0.15, 0.2) is 6.10 Å². The van der Waals surface area contributed by atoms with E-state index in [2.05, 4.69) is 5.32 Å². The molecule has 2 unspecified atom stereocenters. The van der Waals surface area contributed by atoms with Crippen molar-refractivity contribution in [3.63, 3.8) is 0 Å². The highest BCUT2D eigenvalue weighted by Crippen LogP contribution is 2.27. The van der Waals surface area contributed by atoms with Crippen LogP contribution in [-0.2, 0) is 11.2 Å². The van der Waals surface area contributed by atoms with Crippen molar-refractivity contribution in [2.45, 2.75) is 25.0 Å². The molecule has 88 valence electrons. The van der Waals surface area contributed by atoms with Crippen molar-refractivity contribution in [3.8, 4) is 6.07 Å². The number of benzene rings is 1. The van der Waals surface area contributed by atoms with E-state index in [0.717, 1.165) is 11.3 Å². The first kappa shape index (κ1) is 11.6. The van der Waals surface area contributed by atoms with E-state index in [-0.39, 0.29) is 5.91 Å². The van der Waals surface area contributed by atoms with E-state index in [9.17, 15) is 15.0 Å². The second kappa shape index (κ2) is 4.53. The maximum atomic E-state index is 11.2. The summed E-state index contributed by atoms with van der Waals surface area (Å²) in [7, 11) is 0. The van der Waals surface area contributed by atoms with Crippen LogP contribution < -0.4 is 5.32 Å². The number of carbonyl (C=O) groups excluding carboxylic acids is 1. The van der Waals surface area contributed by atoms with Gasteiger partial charge < -0.3 is 15.5 Å². The molecule has 2 atom stereocenters. The van der Waals surface area contributed by atoms with Crippen LogP contribution in [0.15, 0.2) is 18.2 Å². The lowest BCUT2D eigenvalue weighted by atomic mass is 9.97. The number of nitrogens with zero attached hydrogens (tertiary/aromatic N) is 1. The molecule has 17 heavy (non-hydrogen) atoms. The number of hydrogen-bond acceptors (Lipinski definition) is 4. The maximum absolute atomic E-state index is 11.2. The van der Waals surface area contributed by atoms with Crippen LogP contribution in [0.25, 0.3) is 0 Å². The van der Waals surface area contributed by atoms with E-state index in [4.69, 9.17) is 5.26 Å². The third kappa shape index (κ3) is 2.28. The number of fused-ring (bicyclic) bond motifs is 1. The lowest BCUT2D eigenvalue weighted by Gasteiger charge is -2.19. The van der Waals surface area contributed by atoms with E-state index >= 15 is 0 Å². The minimum absolute atomic E-state index is 0.0251. The van der Waals surface area contributed by atoms with Gasteiger partial charge in [-0.15, -0.1) is 0 Å². The number of nitrogens with one attached hydrogen (secondary N) is 1. The summed E-state index contributed by atoms with van der Waals surface area (Å²) in [5.41, 5.74) is 2.11. The molecule has 0 radical (unpaired) electrons. The Labute approximate surface area is 98.3 Å². The molecule has 1 aliphatic heterocycles. The maximum Gasteiger partial charge on any atom is 0.224 e. The fourth-order valence-electron chi connectivity index (χ4n) is 1.84. The van der Waals surface area contributed by atoms with Gasteiger partial charge in [-0.1, -0.05) is 12.1 Å². The zero-order valence-corrected chi connectivity index (χ0v) is 9.05. The van der Waals surface area contributed by atoms with Gasteiger partial charge in [-0.3, -0.25) is 4.79 Å². The largest absolute Gasteiger partial charge is 0.385 e. The molecule has 0 spiro atoms. The number of nitriles is 1. The number of aliphatic hydroxyl groups is 2. The first-order valence-electron chi connectivity index (χ1n) is 5.30. The van der Waals surface area contributed by atoms with E-state index < -0.39 is 12.2 Å². The Hall–Kier alpha value is -1.90. The zero-order chi connectivity index (χ0) is 12.4. The number of hydrogen-bond donors (Lipinski definition) is 3. The number of carbonyl (C=O) groups is 1. The monoisotopic (exact) mass is 232 g/mol. The molecule has 0 aliphatic carbocycles. The summed E-state index contributed by atoms with van der Waals surface area (Å²) in [5.74, 6) is -0.0251. The van der Waals surface area contributed by atoms with Gasteiger partial charge in [-0.25, -0.2) is 0 Å². The third-order valence-electron chi connectivity index (χ3n) is 2.80. The number of amides is 1. The van der Waals surface area contributed by atoms with Crippen LogP contribution >= 0.6 is 0 Å². The van der Waals surface area contributed by atoms with Crippen molar-refractivity contribution in [2.24, 2.45) is 0 Å². The highest BCUT2D eigenvalue weighted by Gasteiger charge is 2.20. The van der Waals surface area contributed by atoms with Crippen molar-refractivity contribution < 1.29 is 15.0 Å². The topological polar surface area (TPSA) is 93.3 Å². The first-order valence-corrected chi connectivity index (χ1v) is 5.30. The summed E-state index contributed by atoms with van der Waals surface area (Å²) in [6.45, 7) is 0. The van der Waals surface area contributed by atoms with E-state index in [1.54, 1.807) is 24.3 Å². The van der Waals surface area contributed by atoms with Gasteiger partial charge in [0.05, 0.1) is 6.07 Å². The predicted octanol–water partition coefficient (Wildman–Crippen LogP) is 0.489. The van der Waals surface area contributed by atoms with Crippen LogP contribution in [0.4, 0.5) is 5.69 Å². The van der Waals surface area contributed by atoms with Crippen LogP contribution in [0.5, 0.6) is 0 Å². The molecule has 3 N–H and O–H groups in total. The smallest absolute Gasteiger partial charge is 0.224 e. The van der Waals surface area contributed by atoms with Crippen molar-refractivity contribution in [2.75, 3.05) is 5.32 Å². The molecule has 0 saturated carbocycles. The molecule has 1 aromatic carbocycles. The molecule has 1 aromatic rings. The number of aryl methyl sites for hydroxylation is 1. The zero-order valence-electron chi connectivity index (χ0n) is 9.05. The fourth-order valence-corrected chi connectivity index (χ4v) is 1.84. The average Bonchev–Trinajstić information content (AvgIpc) is 2.36. The summed E-state index contributed by atoms with van der Waals surface area (Å²) in [5, 5.41) is 30.2. The summed E-state index contributed by atoms with van der Waals surface area (Å²) in [6, 6.07) is 6.56. The van der Waals surface area contributed by atoms with Crippen LogP contribution in [0.1, 0.15) is 23.7 Å². The van der Waals surface area contributed by atoms with Gasteiger partial charge in [0.1, 0.15) is 6.10 Å². The third-order valence-corrected chi connectivity index (χ3v) is 2.80. The molecule has 0 saturated heterocycles. The van der Waals surface area contributed by atoms with Crippen LogP contribution in [-0.4, -0.2) is 22.2 Å². The van der Waals surface area contributed by atoms with Crippen LogP contribution in [0, 0.1) is 11.3 Å². The highest BCUT2D eigenvalue weighted by molar-refractivity contribution is 5.93. The second-order valence-electron chi connectivity index (χ2n) is 3.98. The van der Waals surface area contributed by atoms with E-state index in [1.807, 2.05) is 0 Å². The lowest BCUT2D eigenvalue weighted by molar-refractivity contribution is -0.116. The van der Waals surface area contributed by atoms with Crippen molar-refractivity contribution in [1.82, 2.24) is 0 Å². The fraction of sp³-hybridized carbons (Fsp3) is 0.333. The minimum atomic E-state index is -1.44. The lowest BCUT2D eigenvalue weighted by Crippen LogP contribution is -2.20. The Bertz CT molecular complexity index is 493. The Morgan fingerprint density at radius 1 is 1.35 bits per heavy atom. The van der Waals surface area contributed by atoms with Crippen molar-refractivity contribution in [3.05, 3.63) is 29.3 Å². The Morgan fingerprint density at radius 3 is 2.82 bits per heavy atom. The molecular weight excluding hydrogens is 220 g/mol. The normalized spacial score (nSPS) is 17.6. The Morgan fingerprint density at radius 2 is 2.12 bits per heavy atom. The molecule has 0 fully saturated rings. The molecular formula is C12H12N2O3. The van der Waals surface area contributed by atoms with Gasteiger partial charge in [-0.2, -0.15) is 5.26 Å². The molecule has 5 heteroatoms. The molecule has 0 bridgehead atoms. The standard InChI is InChI=1S/C12H12N2O3/c13-6-10(15)12(17)8-1-3-9-7(5-8)2-4-11(16)14-9/h1,3,5,10,12,15,17H,2,4H2,(H,14,16). The summed E-state index contributed by atoms with van der Waals surface area (Å²) in [6.07, 6.45) is -1.65. The molecule has 5 nitrogen and oxygen atoms in total. The van der Waals surface area contributed by atoms with Crippen molar-refractivity contribution >= 4 is 11.6 Å². The van der Waals surface area contributed by atoms with Gasteiger partial charge >= 0.3 is 0 Å². The Kier molecular flexibility index (Phi) is 3.09. The van der Waals surface area contributed by atoms with Gasteiger partial charge in [0, 0.05) is 12.1 Å². The molecule has 1 amide bonds. The van der Waals surface area contributed by atoms with Gasteiger partial charge in [-0.05, 0) is 23.6 Å². The summed E-state index contributed by atoms with van der Waals surface area (Å²) >= 11 is 0. The molecule has 0 aromatic heterocycles. The summed E-state index contributed by atoms with van der Waals surface area (Å²) < 4.78 is 0. The van der Waals surface area contributed by atoms with E-state index in [1.165, 1.54) is 0 Å². The quantitative estimate of drug-likeness (QED) is 0.647. The second-order valence-corrected chi connectivity index (χ2v) is 3.98. The predicted molar refractivity (Wildman–Crippen MR) is 60.0 cm³/mol. The average molecular weight is 232 g/mol. The van der Waals surface area contributed by atoms with Gasteiger partial charge in [0.25, 0.3) is 0 Å². The molecule has 1 aliphatic rings. The van der Waals surface area contributed by atoms with Crippen LogP contribution in [0.3, 0.4) is 0 Å². The Balaban J connectivity index is 2.28.